The number of likely N-dealkylation sites (tertiary alicyclic amines) is 1. The summed E-state index contributed by atoms with van der Waals surface area (Å²) in [5.74, 6) is 0. The summed E-state index contributed by atoms with van der Waals surface area (Å²) in [6.45, 7) is 4.27. The van der Waals surface area contributed by atoms with Crippen LogP contribution in [0.4, 0.5) is 0 Å². The maximum atomic E-state index is 8.41. The van der Waals surface area contributed by atoms with E-state index < -0.39 is 0 Å². The van der Waals surface area contributed by atoms with Gasteiger partial charge in [0.05, 0.1) is 6.07 Å². The second-order valence-electron chi connectivity index (χ2n) is 2.96. The molecule has 60 valence electrons. The van der Waals surface area contributed by atoms with Crippen LogP contribution in [0.1, 0.15) is 26.2 Å². The van der Waals surface area contributed by atoms with Gasteiger partial charge in [-0.05, 0) is 26.2 Å². The third-order valence-electron chi connectivity index (χ3n) is 2.13. The van der Waals surface area contributed by atoms with E-state index in [9.17, 15) is 0 Å². The molecule has 1 heterocycles. The summed E-state index contributed by atoms with van der Waals surface area (Å²) in [5.41, 5.74) is 1.12. The molecule has 0 aromatic rings. The van der Waals surface area contributed by atoms with Crippen LogP contribution in [0.3, 0.4) is 0 Å². The number of hydrogen-bond acceptors (Lipinski definition) is 2. The number of nitrogens with zero attached hydrogens (tertiary/aromatic N) is 2. The highest BCUT2D eigenvalue weighted by atomic mass is 15.1. The van der Waals surface area contributed by atoms with Crippen molar-refractivity contribution in [3.63, 3.8) is 0 Å². The Bertz CT molecular complexity index is 182. The molecule has 0 atom stereocenters. The molecule has 1 aliphatic rings. The van der Waals surface area contributed by atoms with E-state index in [0.29, 0.717) is 0 Å². The highest BCUT2D eigenvalue weighted by molar-refractivity contribution is 5.10. The summed E-state index contributed by atoms with van der Waals surface area (Å²) in [7, 11) is 0. The summed E-state index contributed by atoms with van der Waals surface area (Å²) in [5, 5.41) is 8.41. The van der Waals surface area contributed by atoms with Gasteiger partial charge >= 0.3 is 0 Å². The van der Waals surface area contributed by atoms with E-state index in [0.717, 1.165) is 18.8 Å². The predicted octanol–water partition coefficient (Wildman–Crippen LogP) is 1.90. The molecule has 1 rings (SSSR count). The van der Waals surface area contributed by atoms with Crippen molar-refractivity contribution in [1.29, 1.82) is 5.26 Å². The Morgan fingerprint density at radius 2 is 2.00 bits per heavy atom. The first-order chi connectivity index (χ1) is 5.34. The summed E-state index contributed by atoms with van der Waals surface area (Å²) in [4.78, 5) is 2.28. The van der Waals surface area contributed by atoms with Gasteiger partial charge in [-0.3, -0.25) is 0 Å². The Balaban J connectivity index is 2.46. The van der Waals surface area contributed by atoms with Crippen LogP contribution in [0.2, 0.25) is 0 Å². The van der Waals surface area contributed by atoms with E-state index in [4.69, 9.17) is 5.26 Å². The van der Waals surface area contributed by atoms with Crippen molar-refractivity contribution < 1.29 is 0 Å². The molecule has 0 unspecified atom stereocenters. The zero-order chi connectivity index (χ0) is 8.10. The zero-order valence-corrected chi connectivity index (χ0v) is 7.01. The molecule has 2 nitrogen and oxygen atoms in total. The highest BCUT2D eigenvalue weighted by Crippen LogP contribution is 2.13. The normalized spacial score (nSPS) is 19.6. The van der Waals surface area contributed by atoms with Crippen molar-refractivity contribution in [3.05, 3.63) is 11.8 Å². The fourth-order valence-electron chi connectivity index (χ4n) is 1.43. The maximum Gasteiger partial charge on any atom is 0.0930 e. The summed E-state index contributed by atoms with van der Waals surface area (Å²) >= 11 is 0. The van der Waals surface area contributed by atoms with Crippen molar-refractivity contribution in [1.82, 2.24) is 4.90 Å². The van der Waals surface area contributed by atoms with Crippen LogP contribution < -0.4 is 0 Å². The van der Waals surface area contributed by atoms with Gasteiger partial charge in [0.15, 0.2) is 0 Å². The average Bonchev–Trinajstić information content (AvgIpc) is 2.07. The van der Waals surface area contributed by atoms with Crippen LogP contribution >= 0.6 is 0 Å². The van der Waals surface area contributed by atoms with Gasteiger partial charge in [0, 0.05) is 24.9 Å². The molecule has 0 aromatic heterocycles. The highest BCUT2D eigenvalue weighted by Gasteiger charge is 2.08. The first-order valence-electron chi connectivity index (χ1n) is 4.16. The van der Waals surface area contributed by atoms with Gasteiger partial charge in [0.25, 0.3) is 0 Å². The van der Waals surface area contributed by atoms with Gasteiger partial charge in [-0.2, -0.15) is 5.26 Å². The van der Waals surface area contributed by atoms with Gasteiger partial charge in [-0.15, -0.1) is 0 Å². The largest absolute Gasteiger partial charge is 0.374 e. The monoisotopic (exact) mass is 150 g/mol. The van der Waals surface area contributed by atoms with Crippen LogP contribution in [-0.4, -0.2) is 18.0 Å². The molecule has 0 radical (unpaired) electrons. The van der Waals surface area contributed by atoms with E-state index >= 15 is 0 Å². The Morgan fingerprint density at radius 3 is 2.55 bits per heavy atom. The third-order valence-corrected chi connectivity index (χ3v) is 2.13. The van der Waals surface area contributed by atoms with Crippen LogP contribution in [0.25, 0.3) is 0 Å². The fourth-order valence-corrected chi connectivity index (χ4v) is 1.43. The van der Waals surface area contributed by atoms with Crippen LogP contribution in [-0.2, 0) is 0 Å². The lowest BCUT2D eigenvalue weighted by Gasteiger charge is -2.28. The molecule has 0 bridgehead atoms. The van der Waals surface area contributed by atoms with Gasteiger partial charge in [0.2, 0.25) is 0 Å². The first kappa shape index (κ1) is 8.13. The van der Waals surface area contributed by atoms with Crippen LogP contribution in [0.15, 0.2) is 11.8 Å². The Morgan fingerprint density at radius 1 is 1.36 bits per heavy atom. The lowest BCUT2D eigenvalue weighted by molar-refractivity contribution is 0.286. The minimum Gasteiger partial charge on any atom is -0.374 e. The quantitative estimate of drug-likeness (QED) is 0.534. The van der Waals surface area contributed by atoms with Gasteiger partial charge in [0.1, 0.15) is 0 Å². The van der Waals surface area contributed by atoms with Crippen molar-refractivity contribution in [2.45, 2.75) is 26.2 Å². The molecule has 2 heteroatoms. The van der Waals surface area contributed by atoms with E-state index in [2.05, 4.69) is 11.0 Å². The minimum absolute atomic E-state index is 1.12. The molecule has 0 N–H and O–H groups in total. The molecule has 1 saturated heterocycles. The van der Waals surface area contributed by atoms with Gasteiger partial charge in [-0.25, -0.2) is 0 Å². The minimum atomic E-state index is 1.12. The van der Waals surface area contributed by atoms with Crippen molar-refractivity contribution in [2.24, 2.45) is 0 Å². The van der Waals surface area contributed by atoms with Crippen molar-refractivity contribution in [2.75, 3.05) is 13.1 Å². The van der Waals surface area contributed by atoms with E-state index in [1.54, 1.807) is 6.08 Å². The summed E-state index contributed by atoms with van der Waals surface area (Å²) in [6.07, 6.45) is 5.52. The number of hydrogen-bond donors (Lipinski definition) is 0. The molecule has 0 aliphatic carbocycles. The van der Waals surface area contributed by atoms with Crippen LogP contribution in [0.5, 0.6) is 0 Å². The number of allylic oxidation sites excluding steroid dienone is 2. The standard InChI is InChI=1S/C9H14N2/c1-9(5-6-10)11-7-3-2-4-8-11/h5H,2-4,7-8H2,1H3/b9-5-. The second-order valence-corrected chi connectivity index (χ2v) is 2.96. The van der Waals surface area contributed by atoms with E-state index in [-0.39, 0.29) is 0 Å². The van der Waals surface area contributed by atoms with Crippen molar-refractivity contribution >= 4 is 0 Å². The maximum absolute atomic E-state index is 8.41. The Kier molecular flexibility index (Phi) is 2.97. The van der Waals surface area contributed by atoms with Crippen molar-refractivity contribution in [3.8, 4) is 6.07 Å². The molecule has 11 heavy (non-hydrogen) atoms. The topological polar surface area (TPSA) is 27.0 Å². The van der Waals surface area contributed by atoms with Crippen LogP contribution in [0, 0.1) is 11.3 Å². The number of rotatable bonds is 1. The second kappa shape index (κ2) is 4.02. The summed E-state index contributed by atoms with van der Waals surface area (Å²) < 4.78 is 0. The Labute approximate surface area is 68.1 Å². The Hall–Kier alpha value is -0.970. The molecular formula is C9H14N2. The third kappa shape index (κ3) is 2.27. The smallest absolute Gasteiger partial charge is 0.0930 e. The van der Waals surface area contributed by atoms with E-state index in [1.807, 2.05) is 6.92 Å². The van der Waals surface area contributed by atoms with E-state index in [1.165, 1.54) is 19.3 Å². The number of piperidine rings is 1. The number of nitriles is 1. The molecule has 0 aromatic carbocycles. The molecule has 0 spiro atoms. The van der Waals surface area contributed by atoms with Gasteiger partial charge < -0.3 is 4.90 Å². The first-order valence-corrected chi connectivity index (χ1v) is 4.16. The molecule has 0 amide bonds. The lowest BCUT2D eigenvalue weighted by Crippen LogP contribution is -2.27. The fraction of sp³-hybridized carbons (Fsp3) is 0.667. The molecular weight excluding hydrogens is 136 g/mol. The zero-order valence-electron chi connectivity index (χ0n) is 7.01. The average molecular weight is 150 g/mol. The lowest BCUT2D eigenvalue weighted by atomic mass is 10.1. The molecule has 1 aliphatic heterocycles. The summed E-state index contributed by atoms with van der Waals surface area (Å²) in [6, 6.07) is 2.06. The molecule has 0 saturated carbocycles. The SMILES string of the molecule is C/C(=C/C#N)N1CCCCC1. The predicted molar refractivity (Wildman–Crippen MR) is 44.8 cm³/mol. The molecule has 1 fully saturated rings. The van der Waals surface area contributed by atoms with Gasteiger partial charge in [-0.1, -0.05) is 0 Å².